The summed E-state index contributed by atoms with van der Waals surface area (Å²) in [7, 11) is 0. The Hall–Kier alpha value is 0.580. The quantitative estimate of drug-likeness (QED) is 0.530. The van der Waals surface area contributed by atoms with Crippen LogP contribution in [0.5, 0.6) is 0 Å². The van der Waals surface area contributed by atoms with Gasteiger partial charge in [-0.15, -0.1) is 23.2 Å². The second kappa shape index (κ2) is 2.15. The van der Waals surface area contributed by atoms with Crippen LogP contribution in [0.4, 0.5) is 0 Å². The lowest BCUT2D eigenvalue weighted by atomic mass is 9.49. The zero-order valence-electron chi connectivity index (χ0n) is 7.15. The third kappa shape index (κ3) is 0.767. The predicted molar refractivity (Wildman–Crippen MR) is 51.9 cm³/mol. The topological polar surface area (TPSA) is 0 Å². The first kappa shape index (κ1) is 7.94. The first-order chi connectivity index (χ1) is 5.64. The Labute approximate surface area is 83.6 Å². The van der Waals surface area contributed by atoms with Gasteiger partial charge >= 0.3 is 0 Å². The fraction of sp³-hybridized carbons (Fsp3) is 1.00. The fourth-order valence-electron chi connectivity index (χ4n) is 3.56. The highest BCUT2D eigenvalue weighted by molar-refractivity contribution is 6.27. The van der Waals surface area contributed by atoms with Crippen molar-refractivity contribution in [3.05, 3.63) is 0 Å². The average molecular weight is 205 g/mol. The largest absolute Gasteiger partial charge is 0.119 e. The Balaban J connectivity index is 1.98. The summed E-state index contributed by atoms with van der Waals surface area (Å²) < 4.78 is 0. The molecule has 2 heteroatoms. The molecule has 4 saturated carbocycles. The lowest BCUT2D eigenvalue weighted by Crippen LogP contribution is -2.61. The van der Waals surface area contributed by atoms with Crippen LogP contribution in [0.2, 0.25) is 0 Å². The van der Waals surface area contributed by atoms with Gasteiger partial charge in [-0.05, 0) is 50.4 Å². The van der Waals surface area contributed by atoms with Crippen LogP contribution in [0.25, 0.3) is 0 Å². The predicted octanol–water partition coefficient (Wildman–Crippen LogP) is 3.56. The maximum Gasteiger partial charge on any atom is 0.0479 e. The summed E-state index contributed by atoms with van der Waals surface area (Å²) in [4.78, 5) is 0.332. The normalized spacial score (nSPS) is 62.5. The summed E-state index contributed by atoms with van der Waals surface area (Å²) >= 11 is 13.2. The van der Waals surface area contributed by atoms with Gasteiger partial charge in [0.25, 0.3) is 0 Å². The van der Waals surface area contributed by atoms with Gasteiger partial charge in [0.2, 0.25) is 0 Å². The monoisotopic (exact) mass is 204 g/mol. The molecule has 0 saturated heterocycles. The minimum Gasteiger partial charge on any atom is -0.119 e. The number of halogens is 2. The Morgan fingerprint density at radius 2 is 1.08 bits per heavy atom. The SMILES string of the molecule is ClC12CCC(Cl)(CC1)C1CCC12. The van der Waals surface area contributed by atoms with Crippen LogP contribution < -0.4 is 0 Å². The van der Waals surface area contributed by atoms with E-state index >= 15 is 0 Å². The van der Waals surface area contributed by atoms with Crippen molar-refractivity contribution in [2.24, 2.45) is 11.8 Å². The second-order valence-corrected chi connectivity index (χ2v) is 6.37. The molecule has 2 bridgehead atoms. The summed E-state index contributed by atoms with van der Waals surface area (Å²) in [6.45, 7) is 0. The zero-order valence-corrected chi connectivity index (χ0v) is 8.67. The lowest BCUT2D eigenvalue weighted by molar-refractivity contribution is -0.0156. The molecule has 0 aromatic carbocycles. The highest BCUT2D eigenvalue weighted by Crippen LogP contribution is 2.66. The van der Waals surface area contributed by atoms with E-state index in [1.54, 1.807) is 0 Å². The molecule has 0 radical (unpaired) electrons. The van der Waals surface area contributed by atoms with Gasteiger partial charge < -0.3 is 0 Å². The standard InChI is InChI=1S/C10H14Cl2/c11-9-3-5-10(12,6-4-9)8-2-1-7(8)9/h7-8H,1-6H2. The molecule has 12 heavy (non-hydrogen) atoms. The molecule has 0 heterocycles. The molecule has 4 rings (SSSR count). The molecule has 2 unspecified atom stereocenters. The Bertz CT molecular complexity index is 192. The highest BCUT2D eigenvalue weighted by atomic mass is 35.5. The van der Waals surface area contributed by atoms with E-state index in [1.165, 1.54) is 38.5 Å². The van der Waals surface area contributed by atoms with Crippen LogP contribution in [-0.2, 0) is 0 Å². The van der Waals surface area contributed by atoms with Gasteiger partial charge in [-0.1, -0.05) is 0 Å². The van der Waals surface area contributed by atoms with Crippen LogP contribution in [-0.4, -0.2) is 9.75 Å². The van der Waals surface area contributed by atoms with Gasteiger partial charge in [0.05, 0.1) is 0 Å². The van der Waals surface area contributed by atoms with Crippen molar-refractivity contribution in [3.8, 4) is 0 Å². The van der Waals surface area contributed by atoms with Crippen LogP contribution >= 0.6 is 23.2 Å². The van der Waals surface area contributed by atoms with Crippen molar-refractivity contribution >= 4 is 23.2 Å². The third-order valence-corrected chi connectivity index (χ3v) is 5.83. The molecular weight excluding hydrogens is 191 g/mol. The number of fused-ring (bicyclic) bond motifs is 2. The number of alkyl halides is 2. The molecular formula is C10H14Cl2. The summed E-state index contributed by atoms with van der Waals surface area (Å²) in [5.41, 5.74) is 0. The molecule has 2 atom stereocenters. The molecule has 0 N–H and O–H groups in total. The van der Waals surface area contributed by atoms with Crippen LogP contribution in [0, 0.1) is 11.8 Å². The molecule has 0 amide bonds. The maximum atomic E-state index is 6.60. The molecule has 68 valence electrons. The van der Waals surface area contributed by atoms with Crippen molar-refractivity contribution in [1.29, 1.82) is 0 Å². The third-order valence-electron chi connectivity index (χ3n) is 4.52. The molecule has 4 aliphatic rings. The summed E-state index contributed by atoms with van der Waals surface area (Å²) in [5, 5.41) is 0. The van der Waals surface area contributed by atoms with Crippen molar-refractivity contribution in [2.45, 2.75) is 48.3 Å². The van der Waals surface area contributed by atoms with Gasteiger partial charge in [-0.25, -0.2) is 0 Å². The first-order valence-electron chi connectivity index (χ1n) is 5.02. The molecule has 4 aliphatic carbocycles. The number of hydrogen-bond donors (Lipinski definition) is 0. The van der Waals surface area contributed by atoms with E-state index in [4.69, 9.17) is 23.2 Å². The maximum absolute atomic E-state index is 6.60. The van der Waals surface area contributed by atoms with E-state index < -0.39 is 0 Å². The summed E-state index contributed by atoms with van der Waals surface area (Å²) in [6, 6.07) is 0. The smallest absolute Gasteiger partial charge is 0.0479 e. The van der Waals surface area contributed by atoms with E-state index in [2.05, 4.69) is 0 Å². The van der Waals surface area contributed by atoms with Gasteiger partial charge in [-0.2, -0.15) is 0 Å². The van der Waals surface area contributed by atoms with Gasteiger partial charge in [0.1, 0.15) is 0 Å². The van der Waals surface area contributed by atoms with Gasteiger partial charge in [0, 0.05) is 9.75 Å². The molecule has 4 fully saturated rings. The van der Waals surface area contributed by atoms with E-state index in [1.807, 2.05) is 0 Å². The van der Waals surface area contributed by atoms with E-state index in [0.717, 1.165) is 11.8 Å². The van der Waals surface area contributed by atoms with Crippen LogP contribution in [0.3, 0.4) is 0 Å². The Morgan fingerprint density at radius 1 is 0.750 bits per heavy atom. The van der Waals surface area contributed by atoms with E-state index in [-0.39, 0.29) is 9.75 Å². The molecule has 0 aromatic rings. The molecule has 0 nitrogen and oxygen atoms in total. The van der Waals surface area contributed by atoms with Crippen molar-refractivity contribution < 1.29 is 0 Å². The second-order valence-electron chi connectivity index (χ2n) is 4.86. The average Bonchev–Trinajstić information content (AvgIpc) is 1.92. The van der Waals surface area contributed by atoms with Crippen LogP contribution in [0.15, 0.2) is 0 Å². The van der Waals surface area contributed by atoms with Crippen molar-refractivity contribution in [1.82, 2.24) is 0 Å². The zero-order chi connectivity index (χ0) is 8.40. The van der Waals surface area contributed by atoms with E-state index in [0.29, 0.717) is 0 Å². The summed E-state index contributed by atoms with van der Waals surface area (Å²) in [5.74, 6) is 1.53. The lowest BCUT2D eigenvalue weighted by Gasteiger charge is -2.63. The molecule has 0 spiro atoms. The van der Waals surface area contributed by atoms with Crippen molar-refractivity contribution in [3.63, 3.8) is 0 Å². The minimum absolute atomic E-state index is 0.166. The Kier molecular flexibility index (Phi) is 1.42. The van der Waals surface area contributed by atoms with Crippen molar-refractivity contribution in [2.75, 3.05) is 0 Å². The first-order valence-corrected chi connectivity index (χ1v) is 5.78. The van der Waals surface area contributed by atoms with Crippen LogP contribution in [0.1, 0.15) is 38.5 Å². The number of hydrogen-bond acceptors (Lipinski definition) is 0. The highest BCUT2D eigenvalue weighted by Gasteiger charge is 2.62. The number of rotatable bonds is 0. The molecule has 0 aliphatic heterocycles. The molecule has 0 aromatic heterocycles. The fourth-order valence-corrected chi connectivity index (χ4v) is 4.46. The minimum atomic E-state index is 0.166. The van der Waals surface area contributed by atoms with Gasteiger partial charge in [-0.3, -0.25) is 0 Å². The summed E-state index contributed by atoms with van der Waals surface area (Å²) in [6.07, 6.45) is 7.34. The van der Waals surface area contributed by atoms with E-state index in [9.17, 15) is 0 Å². The Morgan fingerprint density at radius 3 is 1.33 bits per heavy atom. The van der Waals surface area contributed by atoms with Gasteiger partial charge in [0.15, 0.2) is 0 Å².